The highest BCUT2D eigenvalue weighted by molar-refractivity contribution is 5.81. The molecule has 2 aliphatic rings. The third-order valence-corrected chi connectivity index (χ3v) is 4.82. The van der Waals surface area contributed by atoms with Crippen LogP contribution >= 0.6 is 0 Å². The molecule has 0 aliphatic carbocycles. The summed E-state index contributed by atoms with van der Waals surface area (Å²) in [6, 6.07) is 0.601. The molecular weight excluding hydrogens is 266 g/mol. The first-order chi connectivity index (χ1) is 10.1. The maximum Gasteiger partial charge on any atom is 0.239 e. The van der Waals surface area contributed by atoms with Gasteiger partial charge in [-0.1, -0.05) is 13.8 Å². The largest absolute Gasteiger partial charge is 0.378 e. The van der Waals surface area contributed by atoms with E-state index in [1.807, 2.05) is 4.90 Å². The van der Waals surface area contributed by atoms with E-state index in [-0.39, 0.29) is 11.9 Å². The molecule has 3 atom stereocenters. The van der Waals surface area contributed by atoms with Gasteiger partial charge >= 0.3 is 0 Å². The molecule has 2 saturated heterocycles. The Kier molecular flexibility index (Phi) is 6.45. The van der Waals surface area contributed by atoms with Crippen LogP contribution in [0.15, 0.2) is 0 Å². The second-order valence-corrected chi connectivity index (χ2v) is 6.44. The van der Waals surface area contributed by atoms with Crippen LogP contribution < -0.4 is 5.32 Å². The average Bonchev–Trinajstić information content (AvgIpc) is 2.53. The fourth-order valence-corrected chi connectivity index (χ4v) is 3.37. The van der Waals surface area contributed by atoms with Gasteiger partial charge in [0, 0.05) is 32.2 Å². The van der Waals surface area contributed by atoms with Gasteiger partial charge in [-0.05, 0) is 32.2 Å². The summed E-state index contributed by atoms with van der Waals surface area (Å²) in [6.07, 6.45) is 2.32. The molecule has 2 heterocycles. The summed E-state index contributed by atoms with van der Waals surface area (Å²) < 4.78 is 5.33. The predicted molar refractivity (Wildman–Crippen MR) is 84.3 cm³/mol. The van der Waals surface area contributed by atoms with Gasteiger partial charge in [0.2, 0.25) is 5.91 Å². The van der Waals surface area contributed by atoms with Crippen molar-refractivity contribution < 1.29 is 9.53 Å². The standard InChI is InChI=1S/C16H31N3O2/c1-4-6-17-15-5-7-19(12-13(15)2)14(3)16(20)18-8-10-21-11-9-18/h13-15,17H,4-12H2,1-3H3. The van der Waals surface area contributed by atoms with Gasteiger partial charge in [-0.3, -0.25) is 9.69 Å². The number of morpholine rings is 1. The lowest BCUT2D eigenvalue weighted by Crippen LogP contribution is -2.56. The Balaban J connectivity index is 1.83. The van der Waals surface area contributed by atoms with Crippen LogP contribution in [0, 0.1) is 5.92 Å². The van der Waals surface area contributed by atoms with Gasteiger partial charge in [0.1, 0.15) is 0 Å². The maximum atomic E-state index is 12.6. The van der Waals surface area contributed by atoms with Crippen LogP contribution in [0.4, 0.5) is 0 Å². The van der Waals surface area contributed by atoms with Gasteiger partial charge in [0.25, 0.3) is 0 Å². The number of carbonyl (C=O) groups excluding carboxylic acids is 1. The van der Waals surface area contributed by atoms with E-state index in [9.17, 15) is 4.79 Å². The number of hydrogen-bond donors (Lipinski definition) is 1. The molecule has 2 rings (SSSR count). The number of carbonyl (C=O) groups is 1. The van der Waals surface area contributed by atoms with Crippen molar-refractivity contribution in [3.05, 3.63) is 0 Å². The molecule has 1 amide bonds. The summed E-state index contributed by atoms with van der Waals surface area (Å²) in [7, 11) is 0. The molecule has 2 fully saturated rings. The van der Waals surface area contributed by atoms with Crippen LogP contribution in [0.5, 0.6) is 0 Å². The van der Waals surface area contributed by atoms with Gasteiger partial charge in [-0.2, -0.15) is 0 Å². The van der Waals surface area contributed by atoms with Gasteiger partial charge in [0.05, 0.1) is 19.3 Å². The van der Waals surface area contributed by atoms with Crippen LogP contribution in [-0.4, -0.2) is 73.7 Å². The quantitative estimate of drug-likeness (QED) is 0.820. The van der Waals surface area contributed by atoms with E-state index in [4.69, 9.17) is 4.74 Å². The number of piperidine rings is 1. The molecule has 0 bridgehead atoms. The molecule has 2 aliphatic heterocycles. The minimum absolute atomic E-state index is 0.00215. The Morgan fingerprint density at radius 1 is 1.33 bits per heavy atom. The Labute approximate surface area is 129 Å². The van der Waals surface area contributed by atoms with E-state index >= 15 is 0 Å². The Morgan fingerprint density at radius 2 is 2.05 bits per heavy atom. The van der Waals surface area contributed by atoms with E-state index in [2.05, 4.69) is 31.0 Å². The highest BCUT2D eigenvalue weighted by Crippen LogP contribution is 2.20. The van der Waals surface area contributed by atoms with Crippen LogP contribution in [0.25, 0.3) is 0 Å². The molecule has 0 spiro atoms. The lowest BCUT2D eigenvalue weighted by atomic mass is 9.92. The number of nitrogens with one attached hydrogen (secondary N) is 1. The van der Waals surface area contributed by atoms with Crippen molar-refractivity contribution in [3.63, 3.8) is 0 Å². The molecule has 0 aromatic carbocycles. The highest BCUT2D eigenvalue weighted by Gasteiger charge is 2.32. The van der Waals surface area contributed by atoms with Crippen LogP contribution in [0.1, 0.15) is 33.6 Å². The van der Waals surface area contributed by atoms with Crippen molar-refractivity contribution in [1.82, 2.24) is 15.1 Å². The van der Waals surface area contributed by atoms with Crippen molar-refractivity contribution in [3.8, 4) is 0 Å². The number of hydrogen-bond acceptors (Lipinski definition) is 4. The van der Waals surface area contributed by atoms with Crippen LogP contribution in [0.2, 0.25) is 0 Å². The van der Waals surface area contributed by atoms with Gasteiger partial charge in [-0.15, -0.1) is 0 Å². The Hall–Kier alpha value is -0.650. The van der Waals surface area contributed by atoms with E-state index in [0.717, 1.165) is 39.1 Å². The molecule has 1 N–H and O–H groups in total. The fourth-order valence-electron chi connectivity index (χ4n) is 3.37. The number of likely N-dealkylation sites (tertiary alicyclic amines) is 1. The summed E-state index contributed by atoms with van der Waals surface area (Å²) in [5.41, 5.74) is 0. The smallest absolute Gasteiger partial charge is 0.239 e. The second kappa shape index (κ2) is 8.11. The van der Waals surface area contributed by atoms with E-state index in [1.54, 1.807) is 0 Å². The fraction of sp³-hybridized carbons (Fsp3) is 0.938. The number of rotatable bonds is 5. The summed E-state index contributed by atoms with van der Waals surface area (Å²) in [4.78, 5) is 16.9. The van der Waals surface area contributed by atoms with Crippen molar-refractivity contribution in [1.29, 1.82) is 0 Å². The first-order valence-corrected chi connectivity index (χ1v) is 8.47. The number of amides is 1. The first-order valence-electron chi connectivity index (χ1n) is 8.47. The summed E-state index contributed by atoms with van der Waals surface area (Å²) >= 11 is 0. The zero-order chi connectivity index (χ0) is 15.2. The van der Waals surface area contributed by atoms with E-state index < -0.39 is 0 Å². The van der Waals surface area contributed by atoms with Crippen LogP contribution in [-0.2, 0) is 9.53 Å². The predicted octanol–water partition coefficient (Wildman–Crippen LogP) is 0.944. The third-order valence-electron chi connectivity index (χ3n) is 4.82. The molecule has 3 unspecified atom stereocenters. The topological polar surface area (TPSA) is 44.8 Å². The normalized spacial score (nSPS) is 29.4. The van der Waals surface area contributed by atoms with E-state index in [1.165, 1.54) is 6.42 Å². The van der Waals surface area contributed by atoms with Crippen molar-refractivity contribution >= 4 is 5.91 Å². The zero-order valence-corrected chi connectivity index (χ0v) is 13.8. The Bertz CT molecular complexity index is 331. The van der Waals surface area contributed by atoms with E-state index in [0.29, 0.717) is 25.2 Å². The minimum atomic E-state index is -0.00215. The first kappa shape index (κ1) is 16.7. The highest BCUT2D eigenvalue weighted by atomic mass is 16.5. The summed E-state index contributed by atoms with van der Waals surface area (Å²) in [5.74, 6) is 0.871. The summed E-state index contributed by atoms with van der Waals surface area (Å²) in [5, 5.41) is 3.63. The van der Waals surface area contributed by atoms with Crippen molar-refractivity contribution in [2.24, 2.45) is 5.92 Å². The van der Waals surface area contributed by atoms with Gasteiger partial charge < -0.3 is 15.0 Å². The lowest BCUT2D eigenvalue weighted by molar-refractivity contribution is -0.141. The second-order valence-electron chi connectivity index (χ2n) is 6.44. The van der Waals surface area contributed by atoms with Gasteiger partial charge in [0.15, 0.2) is 0 Å². The molecule has 122 valence electrons. The molecule has 0 aromatic rings. The molecule has 0 radical (unpaired) electrons. The molecular formula is C16H31N3O2. The third kappa shape index (κ3) is 4.41. The zero-order valence-electron chi connectivity index (χ0n) is 13.8. The maximum absolute atomic E-state index is 12.6. The lowest BCUT2D eigenvalue weighted by Gasteiger charge is -2.41. The summed E-state index contributed by atoms with van der Waals surface area (Å²) in [6.45, 7) is 12.5. The molecule has 5 heteroatoms. The van der Waals surface area contributed by atoms with Crippen LogP contribution in [0.3, 0.4) is 0 Å². The number of ether oxygens (including phenoxy) is 1. The van der Waals surface area contributed by atoms with Gasteiger partial charge in [-0.25, -0.2) is 0 Å². The van der Waals surface area contributed by atoms with Crippen molar-refractivity contribution in [2.75, 3.05) is 45.9 Å². The monoisotopic (exact) mass is 297 g/mol. The number of nitrogens with zero attached hydrogens (tertiary/aromatic N) is 2. The minimum Gasteiger partial charge on any atom is -0.378 e. The molecule has 5 nitrogen and oxygen atoms in total. The van der Waals surface area contributed by atoms with Crippen molar-refractivity contribution in [2.45, 2.75) is 45.7 Å². The SMILES string of the molecule is CCCNC1CCN(C(C)C(=O)N2CCOCC2)CC1C. The molecule has 0 aromatic heterocycles. The molecule has 0 saturated carbocycles. The Morgan fingerprint density at radius 3 is 2.67 bits per heavy atom. The molecule has 21 heavy (non-hydrogen) atoms. The average molecular weight is 297 g/mol.